The number of aromatic nitrogens is 3. The molecule has 2 heterocycles. The highest BCUT2D eigenvalue weighted by Crippen LogP contribution is 2.23. The third-order valence-electron chi connectivity index (χ3n) is 3.63. The zero-order valence-corrected chi connectivity index (χ0v) is 14.4. The molecule has 0 radical (unpaired) electrons. The molecule has 0 amide bonds. The third kappa shape index (κ3) is 3.63. The molecule has 1 aromatic carbocycles. The van der Waals surface area contributed by atoms with Gasteiger partial charge in [-0.25, -0.2) is 4.98 Å². The Balaban J connectivity index is 1.96. The van der Waals surface area contributed by atoms with Crippen LogP contribution in [0.25, 0.3) is 16.9 Å². The number of quaternary nitrogens is 1. The van der Waals surface area contributed by atoms with Crippen LogP contribution in [0.15, 0.2) is 36.4 Å². The molecule has 2 N–H and O–H groups in total. The second-order valence-corrected chi connectivity index (χ2v) is 6.41. The zero-order valence-electron chi connectivity index (χ0n) is 13.6. The van der Waals surface area contributed by atoms with Gasteiger partial charge in [0.1, 0.15) is 5.82 Å². The van der Waals surface area contributed by atoms with E-state index in [4.69, 9.17) is 16.7 Å². The third-order valence-corrected chi connectivity index (χ3v) is 3.88. The Labute approximate surface area is 140 Å². The number of rotatable bonds is 5. The van der Waals surface area contributed by atoms with Crippen LogP contribution in [0.3, 0.4) is 0 Å². The number of benzene rings is 1. The minimum Gasteiger partial charge on any atom is -0.364 e. The maximum Gasteiger partial charge on any atom is 0.158 e. The summed E-state index contributed by atoms with van der Waals surface area (Å²) >= 11 is 5.96. The number of hydrogen-bond acceptors (Lipinski definition) is 3. The van der Waals surface area contributed by atoms with Crippen molar-refractivity contribution in [1.82, 2.24) is 14.6 Å². The summed E-state index contributed by atoms with van der Waals surface area (Å²) in [7, 11) is 4.28. The minimum atomic E-state index is 0.722. The molecular weight excluding hydrogens is 310 g/mol. The van der Waals surface area contributed by atoms with Crippen molar-refractivity contribution in [1.29, 1.82) is 0 Å². The Bertz CT molecular complexity index is 808. The summed E-state index contributed by atoms with van der Waals surface area (Å²) in [5.41, 5.74) is 3.73. The van der Waals surface area contributed by atoms with Crippen molar-refractivity contribution < 1.29 is 4.90 Å². The summed E-state index contributed by atoms with van der Waals surface area (Å²) in [5.74, 6) is 0.967. The van der Waals surface area contributed by atoms with Crippen LogP contribution in [0.4, 0.5) is 5.82 Å². The van der Waals surface area contributed by atoms with Crippen LogP contribution >= 0.6 is 11.6 Å². The van der Waals surface area contributed by atoms with E-state index >= 15 is 0 Å². The predicted molar refractivity (Wildman–Crippen MR) is 94.3 cm³/mol. The maximum atomic E-state index is 5.96. The number of aryl methyl sites for hydroxylation is 1. The van der Waals surface area contributed by atoms with Crippen molar-refractivity contribution in [3.05, 3.63) is 47.1 Å². The number of fused-ring (bicyclic) bond motifs is 1. The molecule has 0 aliphatic rings. The second kappa shape index (κ2) is 6.56. The first kappa shape index (κ1) is 15.8. The van der Waals surface area contributed by atoms with Gasteiger partial charge in [0.05, 0.1) is 32.9 Å². The molecule has 0 saturated carbocycles. The minimum absolute atomic E-state index is 0.722. The van der Waals surface area contributed by atoms with Crippen molar-refractivity contribution in [2.45, 2.75) is 6.92 Å². The van der Waals surface area contributed by atoms with E-state index < -0.39 is 0 Å². The van der Waals surface area contributed by atoms with Gasteiger partial charge in [0.15, 0.2) is 5.65 Å². The Morgan fingerprint density at radius 2 is 1.91 bits per heavy atom. The standard InChI is InChI=1S/C17H20ClN5/c1-12-10-16(19-8-9-22(2)3)23-17(20-12)11-15(21-23)13-4-6-14(18)7-5-13/h4-7,10-11,19H,8-9H2,1-3H3/p+1. The van der Waals surface area contributed by atoms with Crippen LogP contribution in [0.5, 0.6) is 0 Å². The molecule has 2 aromatic heterocycles. The molecule has 0 fully saturated rings. The van der Waals surface area contributed by atoms with Gasteiger partial charge < -0.3 is 10.2 Å². The molecule has 3 rings (SSSR count). The van der Waals surface area contributed by atoms with Crippen LogP contribution in [0, 0.1) is 6.92 Å². The summed E-state index contributed by atoms with van der Waals surface area (Å²) in [6, 6.07) is 11.7. The van der Waals surface area contributed by atoms with Gasteiger partial charge in [-0.3, -0.25) is 0 Å². The van der Waals surface area contributed by atoms with Crippen LogP contribution in [-0.4, -0.2) is 41.8 Å². The second-order valence-electron chi connectivity index (χ2n) is 5.97. The average Bonchev–Trinajstić information content (AvgIpc) is 2.91. The van der Waals surface area contributed by atoms with Gasteiger partial charge >= 0.3 is 0 Å². The SMILES string of the molecule is Cc1cc(NCC[NH+](C)C)n2nc(-c3ccc(Cl)cc3)cc2n1. The lowest BCUT2D eigenvalue weighted by Crippen LogP contribution is -3.06. The molecule has 0 aliphatic heterocycles. The number of likely N-dealkylation sites (N-methyl/N-ethyl adjacent to an activating group) is 1. The Kier molecular flexibility index (Phi) is 4.50. The van der Waals surface area contributed by atoms with Crippen molar-refractivity contribution >= 4 is 23.1 Å². The molecule has 3 aromatic rings. The van der Waals surface area contributed by atoms with Gasteiger partial charge in [-0.2, -0.15) is 9.61 Å². The fourth-order valence-electron chi connectivity index (χ4n) is 2.43. The smallest absolute Gasteiger partial charge is 0.158 e. The van der Waals surface area contributed by atoms with E-state index in [1.165, 1.54) is 4.90 Å². The van der Waals surface area contributed by atoms with Crippen LogP contribution in [-0.2, 0) is 0 Å². The van der Waals surface area contributed by atoms with Crippen molar-refractivity contribution in [3.63, 3.8) is 0 Å². The van der Waals surface area contributed by atoms with E-state index in [1.54, 1.807) is 0 Å². The molecule has 0 spiro atoms. The first-order valence-electron chi connectivity index (χ1n) is 7.69. The first-order chi connectivity index (χ1) is 11.0. The van der Waals surface area contributed by atoms with Crippen LogP contribution < -0.4 is 10.2 Å². The van der Waals surface area contributed by atoms with Gasteiger partial charge in [0, 0.05) is 28.4 Å². The molecule has 0 unspecified atom stereocenters. The highest BCUT2D eigenvalue weighted by molar-refractivity contribution is 6.30. The van der Waals surface area contributed by atoms with E-state index in [1.807, 2.05) is 47.8 Å². The van der Waals surface area contributed by atoms with Gasteiger partial charge in [-0.1, -0.05) is 23.7 Å². The van der Waals surface area contributed by atoms with Gasteiger partial charge in [0.2, 0.25) is 0 Å². The number of nitrogens with one attached hydrogen (secondary N) is 2. The molecular formula is C17H21ClN5+. The fourth-order valence-corrected chi connectivity index (χ4v) is 2.55. The monoisotopic (exact) mass is 330 g/mol. The van der Waals surface area contributed by atoms with Gasteiger partial charge in [-0.15, -0.1) is 0 Å². The van der Waals surface area contributed by atoms with Crippen molar-refractivity contribution in [2.24, 2.45) is 0 Å². The summed E-state index contributed by atoms with van der Waals surface area (Å²) in [6.07, 6.45) is 0. The van der Waals surface area contributed by atoms with Crippen LogP contribution in [0.2, 0.25) is 5.02 Å². The lowest BCUT2D eigenvalue weighted by molar-refractivity contribution is -0.856. The van der Waals surface area contributed by atoms with Gasteiger partial charge in [-0.05, 0) is 19.1 Å². The number of anilines is 1. The van der Waals surface area contributed by atoms with Crippen molar-refractivity contribution in [3.8, 4) is 11.3 Å². The van der Waals surface area contributed by atoms with E-state index in [0.717, 1.165) is 46.5 Å². The Morgan fingerprint density at radius 3 is 2.61 bits per heavy atom. The maximum absolute atomic E-state index is 5.96. The fraction of sp³-hybridized carbons (Fsp3) is 0.294. The predicted octanol–water partition coefficient (Wildman–Crippen LogP) is 1.91. The highest BCUT2D eigenvalue weighted by Gasteiger charge is 2.10. The Morgan fingerprint density at radius 1 is 1.17 bits per heavy atom. The normalized spacial score (nSPS) is 11.3. The molecule has 0 saturated heterocycles. The van der Waals surface area contributed by atoms with E-state index in [-0.39, 0.29) is 0 Å². The first-order valence-corrected chi connectivity index (χ1v) is 8.07. The molecule has 0 aliphatic carbocycles. The topological polar surface area (TPSA) is 46.7 Å². The summed E-state index contributed by atoms with van der Waals surface area (Å²) in [6.45, 7) is 3.92. The average molecular weight is 331 g/mol. The molecule has 0 bridgehead atoms. The molecule has 6 heteroatoms. The van der Waals surface area contributed by atoms with Crippen molar-refractivity contribution in [2.75, 3.05) is 32.5 Å². The highest BCUT2D eigenvalue weighted by atomic mass is 35.5. The van der Waals surface area contributed by atoms with Crippen LogP contribution in [0.1, 0.15) is 5.69 Å². The number of hydrogen-bond donors (Lipinski definition) is 2. The van der Waals surface area contributed by atoms with E-state index in [0.29, 0.717) is 0 Å². The largest absolute Gasteiger partial charge is 0.364 e. The number of halogens is 1. The molecule has 120 valence electrons. The quantitative estimate of drug-likeness (QED) is 0.751. The summed E-state index contributed by atoms with van der Waals surface area (Å²) in [5, 5.41) is 8.87. The zero-order chi connectivity index (χ0) is 16.4. The lowest BCUT2D eigenvalue weighted by Gasteiger charge is -2.11. The molecule has 23 heavy (non-hydrogen) atoms. The Hall–Kier alpha value is -2.11. The van der Waals surface area contributed by atoms with E-state index in [2.05, 4.69) is 24.4 Å². The molecule has 0 atom stereocenters. The van der Waals surface area contributed by atoms with Gasteiger partial charge in [0.25, 0.3) is 0 Å². The summed E-state index contributed by atoms with van der Waals surface area (Å²) in [4.78, 5) is 5.98. The van der Waals surface area contributed by atoms with E-state index in [9.17, 15) is 0 Å². The number of nitrogens with zero attached hydrogens (tertiary/aromatic N) is 3. The summed E-state index contributed by atoms with van der Waals surface area (Å²) < 4.78 is 1.86. The lowest BCUT2D eigenvalue weighted by atomic mass is 10.2. The molecule has 5 nitrogen and oxygen atoms in total.